The Morgan fingerprint density at radius 1 is 1.08 bits per heavy atom. The maximum Gasteiger partial charge on any atom is 0.237 e. The number of thioether (sulfide) groups is 1. The lowest BCUT2D eigenvalue weighted by Crippen LogP contribution is -2.22. The Bertz CT molecular complexity index is 757. The summed E-state index contributed by atoms with van der Waals surface area (Å²) in [5, 5.41) is 5.51. The molecule has 0 aliphatic carbocycles. The summed E-state index contributed by atoms with van der Waals surface area (Å²) in [6, 6.07) is 11.1. The topological polar surface area (TPSA) is 71.1 Å². The van der Waals surface area contributed by atoms with E-state index in [1.54, 1.807) is 24.5 Å². The van der Waals surface area contributed by atoms with E-state index in [1.807, 2.05) is 52.0 Å². The Balaban J connectivity index is 1.94. The molecule has 6 heteroatoms. The molecule has 26 heavy (non-hydrogen) atoms. The predicted octanol–water partition coefficient (Wildman–Crippen LogP) is 4.58. The van der Waals surface area contributed by atoms with E-state index in [4.69, 9.17) is 0 Å². The Morgan fingerprint density at radius 2 is 1.77 bits per heavy atom. The number of anilines is 2. The van der Waals surface area contributed by atoms with Crippen molar-refractivity contribution in [1.82, 2.24) is 4.98 Å². The zero-order valence-corrected chi connectivity index (χ0v) is 16.4. The van der Waals surface area contributed by atoms with Crippen molar-refractivity contribution in [2.75, 3.05) is 10.6 Å². The second-order valence-electron chi connectivity index (χ2n) is 7.30. The number of rotatable bonds is 6. The standard InChI is InChI=1S/C20H25N3O2S/c1-14(19(25)23-15-8-10-21-11-9-15)26-17-7-5-6-16(12-17)22-18(24)13-20(2,3)4/h5-12,14H,13H2,1-4H3,(H,22,24)(H,21,23,25). The minimum atomic E-state index is -0.274. The number of amides is 2. The van der Waals surface area contributed by atoms with Crippen LogP contribution < -0.4 is 10.6 Å². The first-order valence-corrected chi connectivity index (χ1v) is 9.38. The van der Waals surface area contributed by atoms with Crippen molar-refractivity contribution >= 4 is 35.0 Å². The molecule has 0 spiro atoms. The van der Waals surface area contributed by atoms with Gasteiger partial charge in [0.05, 0.1) is 5.25 Å². The van der Waals surface area contributed by atoms with Crippen LogP contribution in [0.4, 0.5) is 11.4 Å². The molecule has 1 heterocycles. The Hall–Kier alpha value is -2.34. The van der Waals surface area contributed by atoms with Crippen molar-refractivity contribution in [2.24, 2.45) is 5.41 Å². The quantitative estimate of drug-likeness (QED) is 0.729. The lowest BCUT2D eigenvalue weighted by Gasteiger charge is -2.17. The highest BCUT2D eigenvalue weighted by Crippen LogP contribution is 2.27. The molecule has 2 amide bonds. The number of carbonyl (C=O) groups excluding carboxylic acids is 2. The molecule has 1 unspecified atom stereocenters. The molecule has 138 valence electrons. The van der Waals surface area contributed by atoms with Crippen LogP contribution in [0.1, 0.15) is 34.1 Å². The van der Waals surface area contributed by atoms with Crippen molar-refractivity contribution in [3.8, 4) is 0 Å². The van der Waals surface area contributed by atoms with Gasteiger partial charge in [-0.1, -0.05) is 26.8 Å². The molecule has 2 N–H and O–H groups in total. The monoisotopic (exact) mass is 371 g/mol. The first-order chi connectivity index (χ1) is 12.2. The summed E-state index contributed by atoms with van der Waals surface area (Å²) in [4.78, 5) is 29.3. The zero-order valence-electron chi connectivity index (χ0n) is 15.6. The summed E-state index contributed by atoms with van der Waals surface area (Å²) >= 11 is 1.45. The summed E-state index contributed by atoms with van der Waals surface area (Å²) < 4.78 is 0. The van der Waals surface area contributed by atoms with Gasteiger partial charge in [0.1, 0.15) is 0 Å². The molecule has 0 saturated carbocycles. The SMILES string of the molecule is CC(Sc1cccc(NC(=O)CC(C)(C)C)c1)C(=O)Nc1ccncc1. The molecule has 0 fully saturated rings. The van der Waals surface area contributed by atoms with Crippen LogP contribution >= 0.6 is 11.8 Å². The van der Waals surface area contributed by atoms with E-state index in [0.29, 0.717) is 6.42 Å². The van der Waals surface area contributed by atoms with Crippen LogP contribution in [0.3, 0.4) is 0 Å². The molecule has 2 rings (SSSR count). The van der Waals surface area contributed by atoms with Crippen LogP contribution in [0.25, 0.3) is 0 Å². The average Bonchev–Trinajstić information content (AvgIpc) is 2.54. The molecule has 5 nitrogen and oxygen atoms in total. The van der Waals surface area contributed by atoms with Crippen LogP contribution in [0.2, 0.25) is 0 Å². The van der Waals surface area contributed by atoms with E-state index in [9.17, 15) is 9.59 Å². The molecule has 1 atom stereocenters. The fraction of sp³-hybridized carbons (Fsp3) is 0.350. The van der Waals surface area contributed by atoms with Gasteiger partial charge in [0.2, 0.25) is 11.8 Å². The summed E-state index contributed by atoms with van der Waals surface area (Å²) in [5.41, 5.74) is 1.40. The maximum atomic E-state index is 12.3. The highest BCUT2D eigenvalue weighted by atomic mass is 32.2. The predicted molar refractivity (Wildman–Crippen MR) is 107 cm³/mol. The smallest absolute Gasteiger partial charge is 0.237 e. The molecule has 0 aliphatic rings. The minimum absolute atomic E-state index is 0.0110. The molecule has 0 aliphatic heterocycles. The first-order valence-electron chi connectivity index (χ1n) is 8.50. The molecule has 1 aromatic heterocycles. The van der Waals surface area contributed by atoms with E-state index < -0.39 is 0 Å². The van der Waals surface area contributed by atoms with Crippen molar-refractivity contribution in [3.63, 3.8) is 0 Å². The van der Waals surface area contributed by atoms with Crippen molar-refractivity contribution in [2.45, 2.75) is 44.3 Å². The van der Waals surface area contributed by atoms with Gasteiger partial charge in [-0.15, -0.1) is 11.8 Å². The number of nitrogens with zero attached hydrogens (tertiary/aromatic N) is 1. The third kappa shape index (κ3) is 6.88. The van der Waals surface area contributed by atoms with E-state index in [0.717, 1.165) is 16.3 Å². The first kappa shape index (κ1) is 20.0. The number of carbonyl (C=O) groups is 2. The number of benzene rings is 1. The third-order valence-electron chi connectivity index (χ3n) is 3.44. The molecular formula is C20H25N3O2S. The van der Waals surface area contributed by atoms with Crippen LogP contribution in [0.15, 0.2) is 53.7 Å². The van der Waals surface area contributed by atoms with E-state index >= 15 is 0 Å². The molecule has 1 aromatic carbocycles. The largest absolute Gasteiger partial charge is 0.326 e. The number of hydrogen-bond acceptors (Lipinski definition) is 4. The van der Waals surface area contributed by atoms with Crippen LogP contribution in [0, 0.1) is 5.41 Å². The number of nitrogens with one attached hydrogen (secondary N) is 2. The summed E-state index contributed by atoms with van der Waals surface area (Å²) in [6.07, 6.45) is 3.73. The second kappa shape index (κ2) is 8.85. The molecule has 2 aromatic rings. The zero-order chi connectivity index (χ0) is 19.2. The second-order valence-corrected chi connectivity index (χ2v) is 8.71. The highest BCUT2D eigenvalue weighted by molar-refractivity contribution is 8.00. The fourth-order valence-electron chi connectivity index (χ4n) is 2.27. The molecule has 0 saturated heterocycles. The van der Waals surface area contributed by atoms with Gasteiger partial charge in [-0.05, 0) is 42.7 Å². The van der Waals surface area contributed by atoms with Gasteiger partial charge in [-0.3, -0.25) is 14.6 Å². The van der Waals surface area contributed by atoms with E-state index in [1.165, 1.54) is 11.8 Å². The van der Waals surface area contributed by atoms with Gasteiger partial charge >= 0.3 is 0 Å². The average molecular weight is 372 g/mol. The van der Waals surface area contributed by atoms with Gasteiger partial charge in [-0.2, -0.15) is 0 Å². The van der Waals surface area contributed by atoms with Crippen molar-refractivity contribution in [1.29, 1.82) is 0 Å². The van der Waals surface area contributed by atoms with Gasteiger partial charge in [0, 0.05) is 35.1 Å². The minimum Gasteiger partial charge on any atom is -0.326 e. The number of aromatic nitrogens is 1. The summed E-state index contributed by atoms with van der Waals surface area (Å²) in [6.45, 7) is 7.94. The van der Waals surface area contributed by atoms with Gasteiger partial charge in [0.15, 0.2) is 0 Å². The highest BCUT2D eigenvalue weighted by Gasteiger charge is 2.17. The number of hydrogen-bond donors (Lipinski definition) is 2. The molecule has 0 bridgehead atoms. The van der Waals surface area contributed by atoms with Crippen molar-refractivity contribution < 1.29 is 9.59 Å². The van der Waals surface area contributed by atoms with E-state index in [2.05, 4.69) is 15.6 Å². The third-order valence-corrected chi connectivity index (χ3v) is 4.53. The van der Waals surface area contributed by atoms with E-state index in [-0.39, 0.29) is 22.5 Å². The van der Waals surface area contributed by atoms with Gasteiger partial charge < -0.3 is 10.6 Å². The number of pyridine rings is 1. The fourth-order valence-corrected chi connectivity index (χ4v) is 3.20. The maximum absolute atomic E-state index is 12.3. The lowest BCUT2D eigenvalue weighted by molar-refractivity contribution is -0.118. The van der Waals surface area contributed by atoms with Gasteiger partial charge in [0.25, 0.3) is 0 Å². The Morgan fingerprint density at radius 3 is 2.42 bits per heavy atom. The summed E-state index contributed by atoms with van der Waals surface area (Å²) in [5.74, 6) is -0.0912. The lowest BCUT2D eigenvalue weighted by atomic mass is 9.92. The Labute approximate surface area is 159 Å². The van der Waals surface area contributed by atoms with Crippen LogP contribution in [0.5, 0.6) is 0 Å². The van der Waals surface area contributed by atoms with Crippen LogP contribution in [-0.4, -0.2) is 22.0 Å². The normalized spacial score (nSPS) is 12.3. The summed E-state index contributed by atoms with van der Waals surface area (Å²) in [7, 11) is 0. The van der Waals surface area contributed by atoms with Crippen molar-refractivity contribution in [3.05, 3.63) is 48.8 Å². The molecule has 0 radical (unpaired) electrons. The van der Waals surface area contributed by atoms with Crippen LogP contribution in [-0.2, 0) is 9.59 Å². The molecular weight excluding hydrogens is 346 g/mol. The van der Waals surface area contributed by atoms with Gasteiger partial charge in [-0.25, -0.2) is 0 Å². The Kier molecular flexibility index (Phi) is 6.80.